The van der Waals surface area contributed by atoms with Gasteiger partial charge in [-0.05, 0) is 18.6 Å². The van der Waals surface area contributed by atoms with Crippen LogP contribution in [0.25, 0.3) is 0 Å². The normalized spacial score (nSPS) is 14.1. The molecule has 0 aliphatic carbocycles. The van der Waals surface area contributed by atoms with Crippen molar-refractivity contribution in [3.63, 3.8) is 0 Å². The van der Waals surface area contributed by atoms with Crippen molar-refractivity contribution in [2.24, 2.45) is 5.73 Å². The first kappa shape index (κ1) is 14.2. The topological polar surface area (TPSA) is 64.3 Å². The Morgan fingerprint density at radius 3 is 2.71 bits per heavy atom. The smallest absolute Gasteiger partial charge is 0.250 e. The first-order valence-corrected chi connectivity index (χ1v) is 6.17. The monoisotopic (exact) mass is 300 g/mol. The standard InChI is InChI=1S/C12H17BrN2O2/c1-8(9-5-3-4-6-10(9)13)15-12(16)11(7-14)17-2/h3-6,8,11H,7,14H2,1-2H3,(H,15,16)/t8-,11?/m0/s1. The second kappa shape index (κ2) is 6.74. The van der Waals surface area contributed by atoms with Gasteiger partial charge in [-0.25, -0.2) is 0 Å². The number of hydrogen-bond acceptors (Lipinski definition) is 3. The lowest BCUT2D eigenvalue weighted by Crippen LogP contribution is -2.41. The molecule has 0 spiro atoms. The fourth-order valence-electron chi connectivity index (χ4n) is 1.52. The predicted molar refractivity (Wildman–Crippen MR) is 70.6 cm³/mol. The molecule has 0 fully saturated rings. The van der Waals surface area contributed by atoms with Gasteiger partial charge in [-0.2, -0.15) is 0 Å². The molecule has 1 unspecified atom stereocenters. The highest BCUT2D eigenvalue weighted by molar-refractivity contribution is 9.10. The average Bonchev–Trinajstić information content (AvgIpc) is 2.31. The Morgan fingerprint density at radius 1 is 1.53 bits per heavy atom. The second-order valence-electron chi connectivity index (χ2n) is 3.71. The van der Waals surface area contributed by atoms with Crippen molar-refractivity contribution in [1.29, 1.82) is 0 Å². The number of nitrogens with one attached hydrogen (secondary N) is 1. The molecule has 94 valence electrons. The number of rotatable bonds is 5. The van der Waals surface area contributed by atoms with E-state index in [4.69, 9.17) is 10.5 Å². The van der Waals surface area contributed by atoms with E-state index in [1.807, 2.05) is 31.2 Å². The molecule has 0 aliphatic heterocycles. The van der Waals surface area contributed by atoms with Gasteiger partial charge in [0.05, 0.1) is 6.04 Å². The Balaban J connectivity index is 2.70. The maximum absolute atomic E-state index is 11.8. The van der Waals surface area contributed by atoms with Gasteiger partial charge in [-0.3, -0.25) is 4.79 Å². The quantitative estimate of drug-likeness (QED) is 0.868. The molecule has 4 nitrogen and oxygen atoms in total. The molecular weight excluding hydrogens is 284 g/mol. The van der Waals surface area contributed by atoms with E-state index < -0.39 is 6.10 Å². The van der Waals surface area contributed by atoms with Gasteiger partial charge in [0.25, 0.3) is 5.91 Å². The molecule has 0 aromatic heterocycles. The number of benzene rings is 1. The van der Waals surface area contributed by atoms with E-state index in [1.165, 1.54) is 7.11 Å². The zero-order valence-corrected chi connectivity index (χ0v) is 11.5. The van der Waals surface area contributed by atoms with Gasteiger partial charge in [0, 0.05) is 18.1 Å². The van der Waals surface area contributed by atoms with E-state index in [0.29, 0.717) is 0 Å². The lowest BCUT2D eigenvalue weighted by atomic mass is 10.1. The van der Waals surface area contributed by atoms with Gasteiger partial charge in [0.2, 0.25) is 0 Å². The fourth-order valence-corrected chi connectivity index (χ4v) is 2.15. The maximum Gasteiger partial charge on any atom is 0.250 e. The number of nitrogens with two attached hydrogens (primary N) is 1. The minimum absolute atomic E-state index is 0.0951. The highest BCUT2D eigenvalue weighted by Gasteiger charge is 2.19. The molecule has 0 saturated carbocycles. The second-order valence-corrected chi connectivity index (χ2v) is 4.57. The molecule has 0 radical (unpaired) electrons. The number of methoxy groups -OCH3 is 1. The van der Waals surface area contributed by atoms with Crippen molar-refractivity contribution >= 4 is 21.8 Å². The third kappa shape index (κ3) is 3.80. The number of halogens is 1. The molecule has 0 bridgehead atoms. The third-order valence-electron chi connectivity index (χ3n) is 2.52. The Labute approximate surface area is 110 Å². The van der Waals surface area contributed by atoms with Crippen LogP contribution in [0.5, 0.6) is 0 Å². The molecule has 0 aliphatic rings. The van der Waals surface area contributed by atoms with Crippen LogP contribution in [0.3, 0.4) is 0 Å². The zero-order chi connectivity index (χ0) is 12.8. The van der Waals surface area contributed by atoms with Crippen LogP contribution in [0.4, 0.5) is 0 Å². The van der Waals surface area contributed by atoms with Crippen LogP contribution in [0.1, 0.15) is 18.5 Å². The zero-order valence-electron chi connectivity index (χ0n) is 9.94. The molecule has 3 N–H and O–H groups in total. The average molecular weight is 301 g/mol. The van der Waals surface area contributed by atoms with Gasteiger partial charge in [0.1, 0.15) is 6.10 Å². The molecule has 5 heteroatoms. The van der Waals surface area contributed by atoms with Crippen molar-refractivity contribution in [2.45, 2.75) is 19.1 Å². The van der Waals surface area contributed by atoms with Crippen LogP contribution < -0.4 is 11.1 Å². The highest BCUT2D eigenvalue weighted by atomic mass is 79.9. The molecule has 0 heterocycles. The molecular formula is C12H17BrN2O2. The van der Waals surface area contributed by atoms with Crippen LogP contribution in [0.2, 0.25) is 0 Å². The lowest BCUT2D eigenvalue weighted by Gasteiger charge is -2.19. The summed E-state index contributed by atoms with van der Waals surface area (Å²) in [7, 11) is 1.47. The number of carbonyl (C=O) groups is 1. The number of ether oxygens (including phenoxy) is 1. The largest absolute Gasteiger partial charge is 0.370 e. The Kier molecular flexibility index (Phi) is 5.61. The molecule has 17 heavy (non-hydrogen) atoms. The summed E-state index contributed by atoms with van der Waals surface area (Å²) in [5, 5.41) is 2.86. The Morgan fingerprint density at radius 2 is 2.18 bits per heavy atom. The van der Waals surface area contributed by atoms with Gasteiger partial charge in [-0.15, -0.1) is 0 Å². The van der Waals surface area contributed by atoms with Gasteiger partial charge in [0.15, 0.2) is 0 Å². The predicted octanol–water partition coefficient (Wildman–Crippen LogP) is 1.60. The molecule has 1 rings (SSSR count). The summed E-state index contributed by atoms with van der Waals surface area (Å²) in [4.78, 5) is 11.8. The van der Waals surface area contributed by atoms with E-state index in [0.717, 1.165) is 10.0 Å². The summed E-state index contributed by atoms with van der Waals surface area (Å²) in [6.45, 7) is 2.09. The van der Waals surface area contributed by atoms with Crippen LogP contribution in [0.15, 0.2) is 28.7 Å². The van der Waals surface area contributed by atoms with Crippen LogP contribution in [-0.2, 0) is 9.53 Å². The summed E-state index contributed by atoms with van der Waals surface area (Å²) >= 11 is 3.45. The molecule has 1 amide bonds. The van der Waals surface area contributed by atoms with Crippen LogP contribution >= 0.6 is 15.9 Å². The molecule has 0 saturated heterocycles. The third-order valence-corrected chi connectivity index (χ3v) is 3.24. The van der Waals surface area contributed by atoms with Crippen LogP contribution in [-0.4, -0.2) is 25.7 Å². The van der Waals surface area contributed by atoms with E-state index in [-0.39, 0.29) is 18.5 Å². The summed E-state index contributed by atoms with van der Waals surface area (Å²) in [5.41, 5.74) is 6.45. The van der Waals surface area contributed by atoms with Crippen molar-refractivity contribution in [1.82, 2.24) is 5.32 Å². The van der Waals surface area contributed by atoms with Crippen molar-refractivity contribution in [2.75, 3.05) is 13.7 Å². The SMILES string of the molecule is COC(CN)C(=O)N[C@@H](C)c1ccccc1Br. The lowest BCUT2D eigenvalue weighted by molar-refractivity contribution is -0.131. The van der Waals surface area contributed by atoms with Crippen molar-refractivity contribution in [3.05, 3.63) is 34.3 Å². The molecule has 1 aromatic carbocycles. The minimum Gasteiger partial charge on any atom is -0.370 e. The van der Waals surface area contributed by atoms with E-state index in [9.17, 15) is 4.79 Å². The Bertz CT molecular complexity index is 381. The van der Waals surface area contributed by atoms with E-state index in [1.54, 1.807) is 0 Å². The first-order chi connectivity index (χ1) is 8.10. The van der Waals surface area contributed by atoms with Gasteiger partial charge < -0.3 is 15.8 Å². The summed E-state index contributed by atoms with van der Waals surface area (Å²) in [6.07, 6.45) is -0.597. The van der Waals surface area contributed by atoms with Crippen LogP contribution in [0, 0.1) is 0 Å². The number of hydrogen-bond donors (Lipinski definition) is 2. The van der Waals surface area contributed by atoms with Gasteiger partial charge in [-0.1, -0.05) is 34.1 Å². The highest BCUT2D eigenvalue weighted by Crippen LogP contribution is 2.22. The Hall–Kier alpha value is -0.910. The fraction of sp³-hybridized carbons (Fsp3) is 0.417. The van der Waals surface area contributed by atoms with E-state index in [2.05, 4.69) is 21.2 Å². The summed E-state index contributed by atoms with van der Waals surface area (Å²) in [6, 6.07) is 7.66. The molecule has 1 aromatic rings. The first-order valence-electron chi connectivity index (χ1n) is 5.37. The van der Waals surface area contributed by atoms with Crippen molar-refractivity contribution in [3.8, 4) is 0 Å². The molecule has 2 atom stereocenters. The van der Waals surface area contributed by atoms with Gasteiger partial charge >= 0.3 is 0 Å². The maximum atomic E-state index is 11.8. The number of carbonyl (C=O) groups excluding carboxylic acids is 1. The van der Waals surface area contributed by atoms with E-state index >= 15 is 0 Å². The number of amides is 1. The minimum atomic E-state index is -0.597. The summed E-state index contributed by atoms with van der Waals surface area (Å²) in [5.74, 6) is -0.196. The summed E-state index contributed by atoms with van der Waals surface area (Å²) < 4.78 is 5.95. The van der Waals surface area contributed by atoms with Crippen molar-refractivity contribution < 1.29 is 9.53 Å².